The van der Waals surface area contributed by atoms with E-state index in [-0.39, 0.29) is 5.54 Å². The fourth-order valence-electron chi connectivity index (χ4n) is 4.10. The monoisotopic (exact) mass is 380 g/mol. The molecule has 2 nitrogen and oxygen atoms in total. The van der Waals surface area contributed by atoms with Gasteiger partial charge in [-0.15, -0.1) is 26.3 Å². The summed E-state index contributed by atoms with van der Waals surface area (Å²) < 4.78 is 0. The summed E-state index contributed by atoms with van der Waals surface area (Å²) in [5.74, 6) is 1.78. The molecule has 0 bridgehead atoms. The molecule has 2 heteroatoms. The molecule has 4 atom stereocenters. The maximum absolute atomic E-state index is 4.30. The highest BCUT2D eigenvalue weighted by atomic mass is 15.1. The molecule has 0 saturated heterocycles. The van der Waals surface area contributed by atoms with E-state index in [4.69, 9.17) is 0 Å². The van der Waals surface area contributed by atoms with Gasteiger partial charge in [-0.05, 0) is 57.9 Å². The first-order chi connectivity index (χ1) is 13.0. The van der Waals surface area contributed by atoms with E-state index >= 15 is 0 Å². The molecule has 2 aliphatic carbocycles. The Bertz CT molecular complexity index is 337. The lowest BCUT2D eigenvalue weighted by Crippen LogP contribution is -2.52. The molecule has 0 amide bonds. The zero-order valence-electron chi connectivity index (χ0n) is 19.9. The van der Waals surface area contributed by atoms with Gasteiger partial charge in [0.25, 0.3) is 0 Å². The van der Waals surface area contributed by atoms with Crippen LogP contribution in [-0.4, -0.2) is 18.6 Å². The van der Waals surface area contributed by atoms with Gasteiger partial charge in [0.15, 0.2) is 0 Å². The van der Waals surface area contributed by atoms with E-state index in [1.807, 2.05) is 27.7 Å². The van der Waals surface area contributed by atoms with Crippen molar-refractivity contribution in [1.29, 1.82) is 0 Å². The lowest BCUT2D eigenvalue weighted by molar-refractivity contribution is 0.269. The van der Waals surface area contributed by atoms with Gasteiger partial charge in [0.1, 0.15) is 0 Å². The summed E-state index contributed by atoms with van der Waals surface area (Å²) in [7, 11) is 2.09. The highest BCUT2D eigenvalue weighted by Crippen LogP contribution is 2.34. The van der Waals surface area contributed by atoms with Crippen LogP contribution in [0.25, 0.3) is 0 Å². The molecule has 0 aromatic rings. The first-order valence-electron chi connectivity index (χ1n) is 11.2. The Morgan fingerprint density at radius 1 is 0.963 bits per heavy atom. The van der Waals surface area contributed by atoms with Crippen LogP contribution in [0.1, 0.15) is 92.9 Å². The van der Waals surface area contributed by atoms with Crippen molar-refractivity contribution in [3.05, 3.63) is 38.6 Å². The van der Waals surface area contributed by atoms with Gasteiger partial charge in [-0.1, -0.05) is 60.5 Å². The first-order valence-corrected chi connectivity index (χ1v) is 11.2. The molecule has 2 rings (SSSR count). The topological polar surface area (TPSA) is 24.1 Å². The van der Waals surface area contributed by atoms with Crippen LogP contribution in [-0.2, 0) is 0 Å². The summed E-state index contributed by atoms with van der Waals surface area (Å²) in [5, 5.41) is 7.23. The zero-order valence-corrected chi connectivity index (χ0v) is 19.9. The van der Waals surface area contributed by atoms with E-state index in [0.29, 0.717) is 6.04 Å². The predicted molar refractivity (Wildman–Crippen MR) is 128 cm³/mol. The second-order valence-corrected chi connectivity index (χ2v) is 7.20. The van der Waals surface area contributed by atoms with Crippen molar-refractivity contribution in [2.24, 2.45) is 11.8 Å². The van der Waals surface area contributed by atoms with Crippen LogP contribution in [0, 0.1) is 11.8 Å². The maximum Gasteiger partial charge on any atom is 0.0437 e. The molecule has 162 valence electrons. The van der Waals surface area contributed by atoms with Crippen molar-refractivity contribution in [1.82, 2.24) is 10.6 Å². The van der Waals surface area contributed by atoms with Gasteiger partial charge in [0.05, 0.1) is 0 Å². The van der Waals surface area contributed by atoms with Crippen LogP contribution < -0.4 is 10.6 Å². The van der Waals surface area contributed by atoms with Gasteiger partial charge in [0, 0.05) is 17.3 Å². The van der Waals surface area contributed by atoms with Gasteiger partial charge in [-0.25, -0.2) is 0 Å². The molecule has 0 heterocycles. The van der Waals surface area contributed by atoms with Crippen molar-refractivity contribution < 1.29 is 0 Å². The van der Waals surface area contributed by atoms with Crippen molar-refractivity contribution in [3.63, 3.8) is 0 Å². The number of allylic oxidation sites excluding steroid dienone is 1. The summed E-state index contributed by atoms with van der Waals surface area (Å²) in [4.78, 5) is 0. The van der Waals surface area contributed by atoms with Crippen molar-refractivity contribution in [3.8, 4) is 0 Å². The summed E-state index contributed by atoms with van der Waals surface area (Å²) in [6, 6.07) is 0.561. The molecule has 0 spiro atoms. The van der Waals surface area contributed by atoms with Crippen molar-refractivity contribution in [2.75, 3.05) is 7.05 Å². The Labute approximate surface area is 173 Å². The normalized spacial score (nSPS) is 28.3. The van der Waals surface area contributed by atoms with Gasteiger partial charge < -0.3 is 10.6 Å². The fourth-order valence-corrected chi connectivity index (χ4v) is 4.10. The van der Waals surface area contributed by atoms with Crippen molar-refractivity contribution >= 4 is 0 Å². The third-order valence-electron chi connectivity index (χ3n) is 5.49. The molecule has 2 saturated carbocycles. The summed E-state index contributed by atoms with van der Waals surface area (Å²) in [5.41, 5.74) is 1.52. The van der Waals surface area contributed by atoms with Crippen molar-refractivity contribution in [2.45, 2.75) is 104 Å². The third kappa shape index (κ3) is 12.1. The maximum atomic E-state index is 4.30. The van der Waals surface area contributed by atoms with E-state index in [1.165, 1.54) is 57.1 Å². The van der Waals surface area contributed by atoms with Crippen LogP contribution in [0.3, 0.4) is 0 Å². The summed E-state index contributed by atoms with van der Waals surface area (Å²) in [6.07, 6.45) is 10.7. The van der Waals surface area contributed by atoms with Crippen LogP contribution >= 0.6 is 0 Å². The van der Waals surface area contributed by atoms with E-state index in [1.54, 1.807) is 0 Å². The van der Waals surface area contributed by atoms with Gasteiger partial charge in [-0.2, -0.15) is 0 Å². The van der Waals surface area contributed by atoms with Crippen LogP contribution in [0.4, 0.5) is 0 Å². The van der Waals surface area contributed by atoms with E-state index in [9.17, 15) is 0 Å². The lowest BCUT2D eigenvalue weighted by atomic mass is 9.80. The molecule has 0 aliphatic heterocycles. The molecule has 0 radical (unpaired) electrons. The molecule has 2 aliphatic rings. The van der Waals surface area contributed by atoms with Gasteiger partial charge in [0.2, 0.25) is 0 Å². The number of likely N-dealkylation sites (N-methyl/N-ethyl adjacent to an activating group) is 1. The third-order valence-corrected chi connectivity index (χ3v) is 5.49. The minimum atomic E-state index is 0.253. The highest BCUT2D eigenvalue weighted by Gasteiger charge is 2.37. The molecule has 2 fully saturated rings. The zero-order chi connectivity index (χ0) is 21.9. The quantitative estimate of drug-likeness (QED) is 0.483. The molecule has 27 heavy (non-hydrogen) atoms. The summed E-state index contributed by atoms with van der Waals surface area (Å²) >= 11 is 0. The number of rotatable bonds is 5. The number of nitrogens with one attached hydrogen (secondary N) is 2. The fraction of sp³-hybridized carbons (Fsp3) is 0.760. The highest BCUT2D eigenvalue weighted by molar-refractivity contribution is 5.06. The Hall–Kier alpha value is -1.02. The smallest absolute Gasteiger partial charge is 0.0437 e. The standard InChI is InChI=1S/C17H32N2.2C2H6.2C2H4/c1-13-7-5-8-15(11-13)12-14(2)19-16-9-6-10-17(16,3)18-4;4*1-2/h13,15-16,18-19H,2,5-12H2,1,3-4H3;2*1-2H3;2*1-2H2. The molecule has 0 aromatic carbocycles. The lowest BCUT2D eigenvalue weighted by Gasteiger charge is -2.34. The molecular weight excluding hydrogens is 328 g/mol. The molecule has 4 unspecified atom stereocenters. The Balaban J connectivity index is -0.000000638. The average Bonchev–Trinajstić information content (AvgIpc) is 3.09. The van der Waals surface area contributed by atoms with Gasteiger partial charge >= 0.3 is 0 Å². The predicted octanol–water partition coefficient (Wildman–Crippen LogP) is 7.49. The first kappa shape index (κ1) is 30.7. The van der Waals surface area contributed by atoms with E-state index in [2.05, 4.69) is 64.4 Å². The summed E-state index contributed by atoms with van der Waals surface area (Å²) in [6.45, 7) is 29.0. The van der Waals surface area contributed by atoms with E-state index < -0.39 is 0 Å². The van der Waals surface area contributed by atoms with Crippen LogP contribution in [0.2, 0.25) is 0 Å². The molecular formula is C25H52N2. The Morgan fingerprint density at radius 2 is 1.52 bits per heavy atom. The van der Waals surface area contributed by atoms with Crippen LogP contribution in [0.5, 0.6) is 0 Å². The average molecular weight is 381 g/mol. The van der Waals surface area contributed by atoms with Gasteiger partial charge in [-0.3, -0.25) is 0 Å². The second kappa shape index (κ2) is 19.7. The number of hydrogen-bond acceptors (Lipinski definition) is 2. The second-order valence-electron chi connectivity index (χ2n) is 7.20. The Kier molecular flexibility index (Phi) is 22.4. The SMILES string of the molecule is C=C.C=C.C=C(CC1CCCC(C)C1)NC1CCCC1(C)NC.CC.CC. The van der Waals surface area contributed by atoms with E-state index in [0.717, 1.165) is 11.8 Å². The molecule has 0 aromatic heterocycles. The Morgan fingerprint density at radius 3 is 2.00 bits per heavy atom. The minimum Gasteiger partial charge on any atom is -0.384 e. The van der Waals surface area contributed by atoms with Crippen LogP contribution in [0.15, 0.2) is 38.6 Å². The number of hydrogen-bond donors (Lipinski definition) is 2. The molecule has 2 N–H and O–H groups in total. The minimum absolute atomic E-state index is 0.253. The largest absolute Gasteiger partial charge is 0.384 e.